The van der Waals surface area contributed by atoms with E-state index in [0.29, 0.717) is 6.61 Å². The summed E-state index contributed by atoms with van der Waals surface area (Å²) >= 11 is 10.7. The van der Waals surface area contributed by atoms with E-state index in [1.165, 1.54) is 19.3 Å². The molecule has 0 spiro atoms. The Kier molecular flexibility index (Phi) is 8.06. The first-order chi connectivity index (χ1) is 4.77. The summed E-state index contributed by atoms with van der Waals surface area (Å²) in [7, 11) is 0. The summed E-state index contributed by atoms with van der Waals surface area (Å²) in [4.78, 5) is 0. The Hall–Kier alpha value is 0.540. The second-order valence-electron chi connectivity index (χ2n) is 2.19. The summed E-state index contributed by atoms with van der Waals surface area (Å²) in [6.45, 7) is 2.85. The van der Waals surface area contributed by atoms with E-state index in [1.54, 1.807) is 0 Å². The molecule has 3 heteroatoms. The SMILES string of the molecule is CCCCCCOC(Cl)Cl. The zero-order valence-electron chi connectivity index (χ0n) is 6.28. The van der Waals surface area contributed by atoms with Gasteiger partial charge in [-0.15, -0.1) is 0 Å². The highest BCUT2D eigenvalue weighted by molar-refractivity contribution is 6.43. The molecular weight excluding hydrogens is 171 g/mol. The number of ether oxygens (including phenoxy) is 1. The van der Waals surface area contributed by atoms with Gasteiger partial charge in [0.25, 0.3) is 0 Å². The smallest absolute Gasteiger partial charge is 0.206 e. The average molecular weight is 185 g/mol. The molecule has 0 bridgehead atoms. The number of halogens is 2. The molecule has 0 unspecified atom stereocenters. The molecule has 0 aromatic carbocycles. The van der Waals surface area contributed by atoms with Gasteiger partial charge in [-0.1, -0.05) is 49.4 Å². The summed E-state index contributed by atoms with van der Waals surface area (Å²) < 4.78 is 4.92. The van der Waals surface area contributed by atoms with Gasteiger partial charge in [0.2, 0.25) is 5.02 Å². The lowest BCUT2D eigenvalue weighted by Crippen LogP contribution is -1.98. The van der Waals surface area contributed by atoms with Crippen molar-refractivity contribution < 1.29 is 4.74 Å². The molecule has 0 saturated heterocycles. The van der Waals surface area contributed by atoms with Crippen LogP contribution in [0.2, 0.25) is 0 Å². The first-order valence-electron chi connectivity index (χ1n) is 3.67. The Morgan fingerprint density at radius 1 is 1.20 bits per heavy atom. The molecule has 10 heavy (non-hydrogen) atoms. The van der Waals surface area contributed by atoms with Gasteiger partial charge in [-0.3, -0.25) is 0 Å². The van der Waals surface area contributed by atoms with E-state index < -0.39 is 5.02 Å². The van der Waals surface area contributed by atoms with Crippen molar-refractivity contribution in [3.63, 3.8) is 0 Å². The second kappa shape index (κ2) is 7.64. The lowest BCUT2D eigenvalue weighted by Gasteiger charge is -2.02. The summed E-state index contributed by atoms with van der Waals surface area (Å²) in [5, 5.41) is -0.651. The van der Waals surface area contributed by atoms with Crippen LogP contribution in [0, 0.1) is 0 Å². The van der Waals surface area contributed by atoms with Crippen molar-refractivity contribution in [2.24, 2.45) is 0 Å². The minimum Gasteiger partial charge on any atom is -0.349 e. The minimum atomic E-state index is -0.651. The predicted molar refractivity (Wildman–Crippen MR) is 45.6 cm³/mol. The maximum atomic E-state index is 5.33. The van der Waals surface area contributed by atoms with Crippen LogP contribution in [0.1, 0.15) is 32.6 Å². The van der Waals surface area contributed by atoms with E-state index in [4.69, 9.17) is 27.9 Å². The molecule has 0 aliphatic rings. The largest absolute Gasteiger partial charge is 0.349 e. The Morgan fingerprint density at radius 3 is 2.40 bits per heavy atom. The third-order valence-electron chi connectivity index (χ3n) is 1.24. The molecule has 0 aromatic heterocycles. The summed E-state index contributed by atoms with van der Waals surface area (Å²) in [6.07, 6.45) is 4.77. The predicted octanol–water partition coefficient (Wildman–Crippen LogP) is 3.34. The van der Waals surface area contributed by atoms with Crippen LogP contribution in [0.25, 0.3) is 0 Å². The average Bonchev–Trinajstić information content (AvgIpc) is 1.87. The highest BCUT2D eigenvalue weighted by atomic mass is 35.5. The van der Waals surface area contributed by atoms with Crippen LogP contribution in [0.3, 0.4) is 0 Å². The van der Waals surface area contributed by atoms with Crippen LogP contribution in [0.4, 0.5) is 0 Å². The summed E-state index contributed by atoms with van der Waals surface area (Å²) in [5.41, 5.74) is 0. The van der Waals surface area contributed by atoms with Gasteiger partial charge in [-0.05, 0) is 6.42 Å². The molecule has 0 aliphatic carbocycles. The fraction of sp³-hybridized carbons (Fsp3) is 1.00. The number of unbranched alkanes of at least 4 members (excludes halogenated alkanes) is 3. The number of hydrogen-bond acceptors (Lipinski definition) is 1. The molecule has 0 fully saturated rings. The van der Waals surface area contributed by atoms with Crippen LogP contribution >= 0.6 is 23.2 Å². The highest BCUT2D eigenvalue weighted by Crippen LogP contribution is 2.05. The van der Waals surface area contributed by atoms with Gasteiger partial charge in [0.15, 0.2) is 0 Å². The Morgan fingerprint density at radius 2 is 1.90 bits per heavy atom. The quantitative estimate of drug-likeness (QED) is 0.455. The van der Waals surface area contributed by atoms with Crippen LogP contribution in [0.15, 0.2) is 0 Å². The van der Waals surface area contributed by atoms with E-state index in [1.807, 2.05) is 0 Å². The van der Waals surface area contributed by atoms with Gasteiger partial charge in [-0.25, -0.2) is 0 Å². The Bertz CT molecular complexity index is 66.6. The first-order valence-corrected chi connectivity index (χ1v) is 4.54. The number of alkyl halides is 2. The molecule has 62 valence electrons. The fourth-order valence-electron chi connectivity index (χ4n) is 0.701. The summed E-state index contributed by atoms with van der Waals surface area (Å²) in [6, 6.07) is 0. The third-order valence-corrected chi connectivity index (χ3v) is 1.49. The maximum absolute atomic E-state index is 5.33. The lowest BCUT2D eigenvalue weighted by molar-refractivity contribution is 0.149. The first kappa shape index (κ1) is 10.5. The van der Waals surface area contributed by atoms with E-state index >= 15 is 0 Å². The monoisotopic (exact) mass is 184 g/mol. The van der Waals surface area contributed by atoms with Crippen molar-refractivity contribution in [1.82, 2.24) is 0 Å². The molecular formula is C7H14Cl2O. The van der Waals surface area contributed by atoms with Gasteiger partial charge >= 0.3 is 0 Å². The molecule has 0 aromatic rings. The molecule has 0 N–H and O–H groups in total. The van der Waals surface area contributed by atoms with Crippen LogP contribution in [0.5, 0.6) is 0 Å². The van der Waals surface area contributed by atoms with Gasteiger partial charge in [0.05, 0.1) is 0 Å². The lowest BCUT2D eigenvalue weighted by atomic mass is 10.2. The topological polar surface area (TPSA) is 9.23 Å². The summed E-state index contributed by atoms with van der Waals surface area (Å²) in [5.74, 6) is 0. The zero-order chi connectivity index (χ0) is 7.82. The molecule has 0 atom stereocenters. The van der Waals surface area contributed by atoms with Crippen molar-refractivity contribution in [2.75, 3.05) is 6.61 Å². The van der Waals surface area contributed by atoms with Crippen molar-refractivity contribution in [2.45, 2.75) is 37.6 Å². The van der Waals surface area contributed by atoms with Crippen LogP contribution < -0.4 is 0 Å². The highest BCUT2D eigenvalue weighted by Gasteiger charge is 1.95. The van der Waals surface area contributed by atoms with Crippen LogP contribution in [-0.4, -0.2) is 11.6 Å². The normalized spacial score (nSPS) is 10.8. The van der Waals surface area contributed by atoms with Gasteiger partial charge in [0.1, 0.15) is 0 Å². The van der Waals surface area contributed by atoms with Gasteiger partial charge in [0, 0.05) is 6.61 Å². The van der Waals surface area contributed by atoms with Crippen molar-refractivity contribution in [1.29, 1.82) is 0 Å². The van der Waals surface area contributed by atoms with E-state index in [9.17, 15) is 0 Å². The zero-order valence-corrected chi connectivity index (χ0v) is 7.79. The number of hydrogen-bond donors (Lipinski definition) is 0. The van der Waals surface area contributed by atoms with Crippen molar-refractivity contribution >= 4 is 23.2 Å². The van der Waals surface area contributed by atoms with Crippen molar-refractivity contribution in [3.05, 3.63) is 0 Å². The molecule has 1 nitrogen and oxygen atoms in total. The van der Waals surface area contributed by atoms with Gasteiger partial charge in [-0.2, -0.15) is 0 Å². The Labute approximate surface area is 72.6 Å². The van der Waals surface area contributed by atoms with Crippen LogP contribution in [-0.2, 0) is 4.74 Å². The van der Waals surface area contributed by atoms with Gasteiger partial charge < -0.3 is 4.74 Å². The van der Waals surface area contributed by atoms with Crippen molar-refractivity contribution in [3.8, 4) is 0 Å². The second-order valence-corrected chi connectivity index (χ2v) is 3.21. The molecule has 0 aliphatic heterocycles. The fourth-order valence-corrected chi connectivity index (χ4v) is 0.879. The number of rotatable bonds is 6. The molecule has 0 rings (SSSR count). The van der Waals surface area contributed by atoms with E-state index in [-0.39, 0.29) is 0 Å². The van der Waals surface area contributed by atoms with E-state index in [0.717, 1.165) is 6.42 Å². The third kappa shape index (κ3) is 8.54. The standard InChI is InChI=1S/C7H14Cl2O/c1-2-3-4-5-6-10-7(8)9/h7H,2-6H2,1H3. The maximum Gasteiger partial charge on any atom is 0.206 e. The Balaban J connectivity index is 2.77. The molecule has 0 saturated carbocycles. The molecule has 0 radical (unpaired) electrons. The molecule has 0 heterocycles. The van der Waals surface area contributed by atoms with E-state index in [2.05, 4.69) is 6.92 Å². The minimum absolute atomic E-state index is 0.651. The molecule has 0 amide bonds.